The first-order valence-electron chi connectivity index (χ1n) is 8.54. The second-order valence-electron chi connectivity index (χ2n) is 6.74. The van der Waals surface area contributed by atoms with E-state index >= 15 is 0 Å². The third-order valence-corrected chi connectivity index (χ3v) is 5.94. The van der Waals surface area contributed by atoms with Crippen LogP contribution in [0.15, 0.2) is 53.4 Å². The molecule has 2 aromatic rings. The molecule has 0 aromatic heterocycles. The average Bonchev–Trinajstić information content (AvgIpc) is 2.98. The minimum absolute atomic E-state index is 0.120. The summed E-state index contributed by atoms with van der Waals surface area (Å²) in [5.74, 6) is -0.113. The monoisotopic (exact) mass is 392 g/mol. The van der Waals surface area contributed by atoms with E-state index in [4.69, 9.17) is 11.6 Å². The van der Waals surface area contributed by atoms with Crippen molar-refractivity contribution < 1.29 is 9.18 Å². The normalized spacial score (nSPS) is 20.3. The van der Waals surface area contributed by atoms with E-state index in [1.165, 1.54) is 12.1 Å². The summed E-state index contributed by atoms with van der Waals surface area (Å²) >= 11 is 7.81. The van der Waals surface area contributed by atoms with Gasteiger partial charge in [0.2, 0.25) is 5.91 Å². The number of rotatable bonds is 5. The summed E-state index contributed by atoms with van der Waals surface area (Å²) in [6.45, 7) is 1.49. The van der Waals surface area contributed by atoms with Gasteiger partial charge in [0.25, 0.3) is 0 Å². The van der Waals surface area contributed by atoms with E-state index < -0.39 is 0 Å². The Balaban J connectivity index is 1.74. The van der Waals surface area contributed by atoms with Crippen molar-refractivity contribution in [2.45, 2.75) is 29.2 Å². The van der Waals surface area contributed by atoms with Crippen LogP contribution in [0.4, 0.5) is 4.39 Å². The van der Waals surface area contributed by atoms with Gasteiger partial charge in [0, 0.05) is 42.4 Å². The van der Waals surface area contributed by atoms with Crippen molar-refractivity contribution in [3.8, 4) is 0 Å². The van der Waals surface area contributed by atoms with Gasteiger partial charge in [-0.05, 0) is 48.4 Å². The number of carbonyl (C=O) groups is 1. The highest BCUT2D eigenvalue weighted by molar-refractivity contribution is 8.00. The van der Waals surface area contributed by atoms with Crippen molar-refractivity contribution in [1.82, 2.24) is 9.80 Å². The van der Waals surface area contributed by atoms with Crippen LogP contribution in [0.2, 0.25) is 5.02 Å². The number of halogens is 2. The number of benzene rings is 2. The summed E-state index contributed by atoms with van der Waals surface area (Å²) in [6.07, 6.45) is 0.777. The first kappa shape index (κ1) is 19.2. The largest absolute Gasteiger partial charge is 0.347 e. The lowest BCUT2D eigenvalue weighted by molar-refractivity contribution is -0.133. The molecule has 1 aliphatic rings. The second-order valence-corrected chi connectivity index (χ2v) is 8.55. The molecular formula is C20H22ClFN2OS. The molecule has 3 rings (SSSR count). The van der Waals surface area contributed by atoms with Crippen LogP contribution >= 0.6 is 23.4 Å². The van der Waals surface area contributed by atoms with E-state index in [9.17, 15) is 9.18 Å². The van der Waals surface area contributed by atoms with E-state index in [0.29, 0.717) is 11.6 Å². The first-order valence-corrected chi connectivity index (χ1v) is 9.80. The van der Waals surface area contributed by atoms with Crippen molar-refractivity contribution in [1.29, 1.82) is 0 Å². The molecule has 1 saturated heterocycles. The summed E-state index contributed by atoms with van der Waals surface area (Å²) in [6, 6.07) is 14.1. The number of thioether (sulfide) groups is 1. The Morgan fingerprint density at radius 3 is 2.65 bits per heavy atom. The number of likely N-dealkylation sites (N-methyl/N-ethyl adjacent to an activating group) is 1. The van der Waals surface area contributed by atoms with Crippen LogP contribution in [0, 0.1) is 5.82 Å². The Hall–Kier alpha value is -1.56. The van der Waals surface area contributed by atoms with E-state index in [1.54, 1.807) is 42.9 Å². The van der Waals surface area contributed by atoms with Gasteiger partial charge in [-0.3, -0.25) is 9.69 Å². The molecule has 0 saturated carbocycles. The highest BCUT2D eigenvalue weighted by atomic mass is 35.5. The summed E-state index contributed by atoms with van der Waals surface area (Å²) in [5, 5.41) is 0.989. The highest BCUT2D eigenvalue weighted by Gasteiger charge is 2.37. The van der Waals surface area contributed by atoms with Crippen LogP contribution in [-0.4, -0.2) is 47.6 Å². The molecule has 2 atom stereocenters. The van der Waals surface area contributed by atoms with Crippen LogP contribution in [0.5, 0.6) is 0 Å². The molecule has 1 fully saturated rings. The summed E-state index contributed by atoms with van der Waals surface area (Å²) in [7, 11) is 3.58. The van der Waals surface area contributed by atoms with Gasteiger partial charge in [-0.25, -0.2) is 4.39 Å². The SMILES string of the molecule is CN(C)C(=O)[C@@H]1C[C@@H](Sc2ccc(F)cc2)CN1Cc1cccc(Cl)c1. The van der Waals surface area contributed by atoms with Gasteiger partial charge < -0.3 is 4.90 Å². The highest BCUT2D eigenvalue weighted by Crippen LogP contribution is 2.34. The maximum Gasteiger partial charge on any atom is 0.239 e. The molecule has 0 radical (unpaired) electrons. The minimum atomic E-state index is -0.232. The van der Waals surface area contributed by atoms with Crippen molar-refractivity contribution in [2.75, 3.05) is 20.6 Å². The minimum Gasteiger partial charge on any atom is -0.347 e. The van der Waals surface area contributed by atoms with Gasteiger partial charge in [0.05, 0.1) is 6.04 Å². The second kappa shape index (κ2) is 8.42. The predicted octanol–water partition coefficient (Wildman–Crippen LogP) is 4.30. The lowest BCUT2D eigenvalue weighted by Gasteiger charge is -2.26. The smallest absolute Gasteiger partial charge is 0.239 e. The first-order chi connectivity index (χ1) is 12.4. The van der Waals surface area contributed by atoms with Crippen LogP contribution < -0.4 is 0 Å². The van der Waals surface area contributed by atoms with Gasteiger partial charge in [-0.2, -0.15) is 0 Å². The lowest BCUT2D eigenvalue weighted by atomic mass is 10.1. The lowest BCUT2D eigenvalue weighted by Crippen LogP contribution is -2.42. The molecular weight excluding hydrogens is 371 g/mol. The van der Waals surface area contributed by atoms with Crippen molar-refractivity contribution in [2.24, 2.45) is 0 Å². The Morgan fingerprint density at radius 2 is 2.00 bits per heavy atom. The van der Waals surface area contributed by atoms with E-state index in [-0.39, 0.29) is 23.0 Å². The van der Waals surface area contributed by atoms with Crippen molar-refractivity contribution >= 4 is 29.3 Å². The van der Waals surface area contributed by atoms with E-state index in [1.807, 2.05) is 24.3 Å². The Morgan fingerprint density at radius 1 is 1.27 bits per heavy atom. The van der Waals surface area contributed by atoms with Crippen molar-refractivity contribution in [3.63, 3.8) is 0 Å². The average molecular weight is 393 g/mol. The number of hydrogen-bond acceptors (Lipinski definition) is 3. The van der Waals surface area contributed by atoms with Crippen LogP contribution in [0.25, 0.3) is 0 Å². The molecule has 138 valence electrons. The summed E-state index contributed by atoms with van der Waals surface area (Å²) in [4.78, 5) is 17.6. The molecule has 0 aliphatic carbocycles. The number of amides is 1. The standard InChI is InChI=1S/C20H22ClFN2OS/c1-23(2)20(25)19-11-18(26-17-8-6-16(22)7-9-17)13-24(19)12-14-4-3-5-15(21)10-14/h3-10,18-19H,11-13H2,1-2H3/t18-,19+/m1/s1. The van der Waals surface area contributed by atoms with Gasteiger partial charge >= 0.3 is 0 Å². The van der Waals surface area contributed by atoms with Gasteiger partial charge in [0.15, 0.2) is 0 Å². The molecule has 26 heavy (non-hydrogen) atoms. The fourth-order valence-electron chi connectivity index (χ4n) is 3.25. The zero-order chi connectivity index (χ0) is 18.7. The molecule has 2 aromatic carbocycles. The molecule has 6 heteroatoms. The Kier molecular flexibility index (Phi) is 6.22. The maximum atomic E-state index is 13.1. The summed E-state index contributed by atoms with van der Waals surface area (Å²) < 4.78 is 13.1. The Bertz CT molecular complexity index is 769. The number of nitrogens with zero attached hydrogens (tertiary/aromatic N) is 2. The van der Waals surface area contributed by atoms with Crippen LogP contribution in [-0.2, 0) is 11.3 Å². The Labute approximate surface area is 163 Å². The van der Waals surface area contributed by atoms with Crippen LogP contribution in [0.3, 0.4) is 0 Å². The maximum absolute atomic E-state index is 13.1. The predicted molar refractivity (Wildman–Crippen MR) is 105 cm³/mol. The fourth-order valence-corrected chi connectivity index (χ4v) is 4.69. The molecule has 3 nitrogen and oxygen atoms in total. The number of carbonyl (C=O) groups excluding carboxylic acids is 1. The van der Waals surface area contributed by atoms with E-state index in [0.717, 1.165) is 23.4 Å². The zero-order valence-corrected chi connectivity index (χ0v) is 16.4. The van der Waals surface area contributed by atoms with E-state index in [2.05, 4.69) is 4.90 Å². The quantitative estimate of drug-likeness (QED) is 0.757. The van der Waals surface area contributed by atoms with Gasteiger partial charge in [0.1, 0.15) is 5.82 Å². The number of likely N-dealkylation sites (tertiary alicyclic amines) is 1. The third kappa shape index (κ3) is 4.78. The summed E-state index contributed by atoms with van der Waals surface area (Å²) in [5.41, 5.74) is 1.10. The molecule has 0 bridgehead atoms. The van der Waals surface area contributed by atoms with Crippen LogP contribution in [0.1, 0.15) is 12.0 Å². The zero-order valence-electron chi connectivity index (χ0n) is 14.9. The third-order valence-electron chi connectivity index (χ3n) is 4.48. The molecule has 0 N–H and O–H groups in total. The van der Waals surface area contributed by atoms with Gasteiger partial charge in [-0.15, -0.1) is 11.8 Å². The topological polar surface area (TPSA) is 23.6 Å². The molecule has 0 unspecified atom stereocenters. The molecule has 0 spiro atoms. The molecule has 1 aliphatic heterocycles. The molecule has 1 heterocycles. The molecule has 1 amide bonds. The van der Waals surface area contributed by atoms with Gasteiger partial charge in [-0.1, -0.05) is 23.7 Å². The van der Waals surface area contributed by atoms with Crippen molar-refractivity contribution in [3.05, 3.63) is 64.9 Å². The fraction of sp³-hybridized carbons (Fsp3) is 0.350. The number of hydrogen-bond donors (Lipinski definition) is 0.